The van der Waals surface area contributed by atoms with E-state index in [2.05, 4.69) is 14.9 Å². The van der Waals surface area contributed by atoms with Crippen LogP contribution in [-0.2, 0) is 4.79 Å². The quantitative estimate of drug-likeness (QED) is 0.751. The highest BCUT2D eigenvalue weighted by Gasteiger charge is 2.27. The molecular formula is C19H18FN3O2S. The monoisotopic (exact) mass is 371 g/mol. The molecule has 3 heterocycles. The number of hydrogen-bond acceptors (Lipinski definition) is 5. The van der Waals surface area contributed by atoms with E-state index in [1.165, 1.54) is 12.1 Å². The van der Waals surface area contributed by atoms with Gasteiger partial charge in [-0.05, 0) is 37.5 Å². The maximum atomic E-state index is 13.3. The van der Waals surface area contributed by atoms with Gasteiger partial charge in [0.2, 0.25) is 0 Å². The summed E-state index contributed by atoms with van der Waals surface area (Å²) in [5.74, 6) is 0.258. The Morgan fingerprint density at radius 1 is 1.23 bits per heavy atom. The molecule has 0 spiro atoms. The first kappa shape index (κ1) is 16.9. The molecular weight excluding hydrogens is 353 g/mol. The summed E-state index contributed by atoms with van der Waals surface area (Å²) in [5.41, 5.74) is 1.91. The molecule has 1 N–H and O–H groups in total. The van der Waals surface area contributed by atoms with Gasteiger partial charge in [0.05, 0.1) is 11.3 Å². The lowest BCUT2D eigenvalue weighted by Gasteiger charge is -2.31. The van der Waals surface area contributed by atoms with Crippen molar-refractivity contribution < 1.29 is 14.3 Å². The second-order valence-electron chi connectivity index (χ2n) is 6.53. The van der Waals surface area contributed by atoms with Crippen molar-refractivity contribution in [2.75, 3.05) is 18.0 Å². The van der Waals surface area contributed by atoms with Crippen LogP contribution in [-0.4, -0.2) is 34.1 Å². The van der Waals surface area contributed by atoms with Gasteiger partial charge in [0.1, 0.15) is 22.3 Å². The van der Waals surface area contributed by atoms with Crippen LogP contribution in [0.4, 0.5) is 10.2 Å². The third-order valence-electron chi connectivity index (χ3n) is 4.83. The highest BCUT2D eigenvalue weighted by Crippen LogP contribution is 2.39. The van der Waals surface area contributed by atoms with Gasteiger partial charge in [-0.2, -0.15) is 0 Å². The minimum Gasteiger partial charge on any atom is -0.481 e. The van der Waals surface area contributed by atoms with E-state index < -0.39 is 5.97 Å². The number of hydrogen-bond donors (Lipinski definition) is 1. The predicted molar refractivity (Wildman–Crippen MR) is 100 cm³/mol. The van der Waals surface area contributed by atoms with Crippen LogP contribution >= 0.6 is 11.3 Å². The average molecular weight is 371 g/mol. The van der Waals surface area contributed by atoms with Crippen molar-refractivity contribution in [1.82, 2.24) is 9.97 Å². The largest absolute Gasteiger partial charge is 0.481 e. The molecule has 1 aliphatic rings. The zero-order valence-corrected chi connectivity index (χ0v) is 15.1. The number of halogens is 1. The molecule has 7 heteroatoms. The molecule has 4 rings (SSSR count). The van der Waals surface area contributed by atoms with Crippen molar-refractivity contribution in [2.24, 2.45) is 5.92 Å². The van der Waals surface area contributed by atoms with Gasteiger partial charge < -0.3 is 10.0 Å². The smallest absolute Gasteiger partial charge is 0.306 e. The van der Waals surface area contributed by atoms with Crippen molar-refractivity contribution in [3.8, 4) is 11.1 Å². The van der Waals surface area contributed by atoms with Crippen LogP contribution in [0.1, 0.15) is 18.7 Å². The fourth-order valence-corrected chi connectivity index (χ4v) is 4.42. The zero-order chi connectivity index (χ0) is 18.3. The SMILES string of the molecule is Cc1nc(N2CCC(C(=O)O)CC2)c2c(-c3ccc(F)cc3)csc2n1. The topological polar surface area (TPSA) is 66.3 Å². The first-order valence-electron chi connectivity index (χ1n) is 8.52. The van der Waals surface area contributed by atoms with Gasteiger partial charge in [-0.25, -0.2) is 14.4 Å². The lowest BCUT2D eigenvalue weighted by Crippen LogP contribution is -2.37. The van der Waals surface area contributed by atoms with Crippen LogP contribution in [0.15, 0.2) is 29.6 Å². The molecule has 0 atom stereocenters. The van der Waals surface area contributed by atoms with E-state index in [4.69, 9.17) is 0 Å². The number of rotatable bonds is 3. The molecule has 0 amide bonds. The summed E-state index contributed by atoms with van der Waals surface area (Å²) in [6.07, 6.45) is 1.21. The number of piperidine rings is 1. The Balaban J connectivity index is 1.78. The van der Waals surface area contributed by atoms with Crippen LogP contribution in [0.2, 0.25) is 0 Å². The Hall–Kier alpha value is -2.54. The molecule has 26 heavy (non-hydrogen) atoms. The Bertz CT molecular complexity index is 963. The fourth-order valence-electron chi connectivity index (χ4n) is 3.44. The summed E-state index contributed by atoms with van der Waals surface area (Å²) < 4.78 is 13.3. The normalized spacial score (nSPS) is 15.5. The highest BCUT2D eigenvalue weighted by molar-refractivity contribution is 7.17. The number of aryl methyl sites for hydroxylation is 1. The van der Waals surface area contributed by atoms with Crippen LogP contribution in [0.3, 0.4) is 0 Å². The Labute approximate surface area is 154 Å². The minimum absolute atomic E-state index is 0.267. The number of aromatic nitrogens is 2. The fraction of sp³-hybridized carbons (Fsp3) is 0.316. The first-order valence-corrected chi connectivity index (χ1v) is 9.40. The molecule has 2 aromatic heterocycles. The molecule has 3 aromatic rings. The van der Waals surface area contributed by atoms with Gasteiger partial charge in [-0.15, -0.1) is 11.3 Å². The van der Waals surface area contributed by atoms with Gasteiger partial charge in [0, 0.05) is 24.0 Å². The van der Waals surface area contributed by atoms with Crippen LogP contribution in [0.5, 0.6) is 0 Å². The third-order valence-corrected chi connectivity index (χ3v) is 5.70. The number of nitrogens with zero attached hydrogens (tertiary/aromatic N) is 3. The van der Waals surface area contributed by atoms with Crippen molar-refractivity contribution in [3.63, 3.8) is 0 Å². The van der Waals surface area contributed by atoms with Gasteiger partial charge in [0.25, 0.3) is 0 Å². The van der Waals surface area contributed by atoms with Crippen molar-refractivity contribution in [2.45, 2.75) is 19.8 Å². The molecule has 0 bridgehead atoms. The Morgan fingerprint density at radius 3 is 2.58 bits per heavy atom. The van der Waals surface area contributed by atoms with Crippen molar-refractivity contribution in [1.29, 1.82) is 0 Å². The van der Waals surface area contributed by atoms with Crippen LogP contribution in [0, 0.1) is 18.7 Å². The molecule has 0 aliphatic carbocycles. The molecule has 0 unspecified atom stereocenters. The lowest BCUT2D eigenvalue weighted by molar-refractivity contribution is -0.142. The maximum absolute atomic E-state index is 13.3. The molecule has 1 aliphatic heterocycles. The number of carboxylic acid groups (broad SMARTS) is 1. The summed E-state index contributed by atoms with van der Waals surface area (Å²) >= 11 is 1.55. The number of benzene rings is 1. The summed E-state index contributed by atoms with van der Waals surface area (Å²) in [6.45, 7) is 3.17. The highest BCUT2D eigenvalue weighted by atomic mass is 32.1. The molecule has 1 fully saturated rings. The van der Waals surface area contributed by atoms with Crippen molar-refractivity contribution in [3.05, 3.63) is 41.3 Å². The number of anilines is 1. The first-order chi connectivity index (χ1) is 12.5. The summed E-state index contributed by atoms with van der Waals surface area (Å²) in [5, 5.41) is 12.2. The third kappa shape index (κ3) is 3.03. The lowest BCUT2D eigenvalue weighted by atomic mass is 9.96. The van der Waals surface area contributed by atoms with E-state index in [1.54, 1.807) is 23.5 Å². The predicted octanol–water partition coefficient (Wildman–Crippen LogP) is 4.11. The molecule has 0 saturated carbocycles. The Kier molecular flexibility index (Phi) is 4.32. The summed E-state index contributed by atoms with van der Waals surface area (Å²) in [4.78, 5) is 23.5. The van der Waals surface area contributed by atoms with Crippen molar-refractivity contribution >= 4 is 33.3 Å². The van der Waals surface area contributed by atoms with Crippen LogP contribution in [0.25, 0.3) is 21.3 Å². The van der Waals surface area contributed by atoms with E-state index in [0.717, 1.165) is 27.2 Å². The van der Waals surface area contributed by atoms with Gasteiger partial charge in [-0.1, -0.05) is 12.1 Å². The number of carboxylic acids is 1. The molecule has 1 saturated heterocycles. The summed E-state index contributed by atoms with van der Waals surface area (Å²) in [6, 6.07) is 6.42. The van der Waals surface area contributed by atoms with E-state index in [0.29, 0.717) is 31.8 Å². The van der Waals surface area contributed by atoms with E-state index in [-0.39, 0.29) is 11.7 Å². The Morgan fingerprint density at radius 2 is 1.92 bits per heavy atom. The maximum Gasteiger partial charge on any atom is 0.306 e. The number of aliphatic carboxylic acids is 1. The standard InChI is InChI=1S/C19H18FN3O2S/c1-11-21-17(23-8-6-13(7-9-23)19(24)25)16-15(10-26-18(16)22-11)12-2-4-14(20)5-3-12/h2-5,10,13H,6-9H2,1H3,(H,24,25). The molecule has 134 valence electrons. The second kappa shape index (κ2) is 6.64. The molecule has 5 nitrogen and oxygen atoms in total. The van der Waals surface area contributed by atoms with E-state index in [1.807, 2.05) is 12.3 Å². The minimum atomic E-state index is -0.726. The number of fused-ring (bicyclic) bond motifs is 1. The van der Waals surface area contributed by atoms with E-state index >= 15 is 0 Å². The van der Waals surface area contributed by atoms with Crippen LogP contribution < -0.4 is 4.90 Å². The average Bonchev–Trinajstić information content (AvgIpc) is 3.05. The molecule has 0 radical (unpaired) electrons. The second-order valence-corrected chi connectivity index (χ2v) is 7.39. The summed E-state index contributed by atoms with van der Waals surface area (Å²) in [7, 11) is 0. The zero-order valence-electron chi connectivity index (χ0n) is 14.3. The van der Waals surface area contributed by atoms with E-state index in [9.17, 15) is 14.3 Å². The van der Waals surface area contributed by atoms with Gasteiger partial charge in [0.15, 0.2) is 0 Å². The van der Waals surface area contributed by atoms with Gasteiger partial charge in [-0.3, -0.25) is 4.79 Å². The number of thiophene rings is 1. The number of carbonyl (C=O) groups is 1. The molecule has 1 aromatic carbocycles. The van der Waals surface area contributed by atoms with Gasteiger partial charge >= 0.3 is 5.97 Å².